The van der Waals surface area contributed by atoms with E-state index in [1.54, 1.807) is 38.3 Å². The van der Waals surface area contributed by atoms with E-state index in [0.717, 1.165) is 18.2 Å². The molecule has 4 rings (SSSR count). The Morgan fingerprint density at radius 1 is 0.895 bits per heavy atom. The average Bonchev–Trinajstić information content (AvgIpc) is 2.91. The van der Waals surface area contributed by atoms with E-state index in [9.17, 15) is 18.4 Å². The zero-order valence-electron chi connectivity index (χ0n) is 20.4. The lowest BCUT2D eigenvalue weighted by Crippen LogP contribution is -2.36. The van der Waals surface area contributed by atoms with E-state index < -0.39 is 29.2 Å². The van der Waals surface area contributed by atoms with Gasteiger partial charge in [0.25, 0.3) is 11.8 Å². The average molecular weight is 520 g/mol. The quantitative estimate of drug-likeness (QED) is 0.165. The number of benzene rings is 3. The van der Waals surface area contributed by atoms with Crippen LogP contribution in [0.1, 0.15) is 6.92 Å². The Morgan fingerprint density at radius 2 is 1.61 bits per heavy atom. The second kappa shape index (κ2) is 11.8. The fourth-order valence-corrected chi connectivity index (χ4v) is 3.37. The fraction of sp³-hybridized carbons (Fsp3) is 0.111. The first-order valence-electron chi connectivity index (χ1n) is 11.5. The highest BCUT2D eigenvalue weighted by Gasteiger charge is 2.22. The van der Waals surface area contributed by atoms with Crippen molar-refractivity contribution in [2.45, 2.75) is 6.92 Å². The van der Waals surface area contributed by atoms with Gasteiger partial charge in [-0.15, -0.1) is 0 Å². The number of amides is 2. The minimum atomic E-state index is -0.882. The number of ether oxygens (including phenoxy) is 2. The molecule has 0 atom stereocenters. The van der Waals surface area contributed by atoms with Crippen molar-refractivity contribution < 1.29 is 27.8 Å². The normalized spacial score (nSPS) is 11.1. The third-order valence-corrected chi connectivity index (χ3v) is 5.20. The molecule has 0 saturated carbocycles. The zero-order valence-corrected chi connectivity index (χ0v) is 20.4. The number of fused-ring (bicyclic) bond motifs is 1. The summed E-state index contributed by atoms with van der Waals surface area (Å²) in [5.41, 5.74) is 3.00. The first-order valence-corrected chi connectivity index (χ1v) is 11.5. The van der Waals surface area contributed by atoms with Crippen molar-refractivity contribution in [2.75, 3.05) is 24.3 Å². The number of rotatable bonds is 9. The predicted molar refractivity (Wildman–Crippen MR) is 140 cm³/mol. The number of hydrogen-bond donors (Lipinski definition) is 3. The molecule has 0 aliphatic heterocycles. The number of anilines is 2. The van der Waals surface area contributed by atoms with Crippen LogP contribution in [0.2, 0.25) is 0 Å². The summed E-state index contributed by atoms with van der Waals surface area (Å²) < 4.78 is 39.0. The summed E-state index contributed by atoms with van der Waals surface area (Å²) in [5.74, 6) is -2.02. The smallest absolute Gasteiger partial charge is 0.281 e. The molecule has 0 spiro atoms. The maximum atomic E-state index is 14.9. The lowest BCUT2D eigenvalue weighted by Gasteiger charge is -2.12. The van der Waals surface area contributed by atoms with Gasteiger partial charge >= 0.3 is 0 Å². The number of carbonyl (C=O) groups is 2. The lowest BCUT2D eigenvalue weighted by molar-refractivity contribution is -0.114. The van der Waals surface area contributed by atoms with Crippen LogP contribution >= 0.6 is 0 Å². The summed E-state index contributed by atoms with van der Waals surface area (Å²) in [7, 11) is 1.55. The maximum absolute atomic E-state index is 14.9. The number of pyridine rings is 1. The van der Waals surface area contributed by atoms with Crippen molar-refractivity contribution in [3.8, 4) is 17.2 Å². The molecule has 0 unspecified atom stereocenters. The van der Waals surface area contributed by atoms with E-state index in [1.165, 1.54) is 30.5 Å². The molecule has 0 fully saturated rings. The molecule has 1 heterocycles. The number of methoxy groups -OCH3 is 1. The van der Waals surface area contributed by atoms with Gasteiger partial charge in [0.1, 0.15) is 17.3 Å². The van der Waals surface area contributed by atoms with Gasteiger partial charge in [0.2, 0.25) is 5.71 Å². The Kier molecular flexibility index (Phi) is 8.07. The Labute approximate surface area is 216 Å². The van der Waals surface area contributed by atoms with E-state index in [1.807, 2.05) is 0 Å². The summed E-state index contributed by atoms with van der Waals surface area (Å²) >= 11 is 0. The fourth-order valence-electron chi connectivity index (χ4n) is 3.37. The molecule has 2 amide bonds. The van der Waals surface area contributed by atoms with Crippen LogP contribution in [0.4, 0.5) is 20.2 Å². The Bertz CT molecular complexity index is 1510. The van der Waals surface area contributed by atoms with Gasteiger partial charge in [0.05, 0.1) is 12.6 Å². The SMILES string of the molecule is CCN/N=C(\C(=O)Nc1ccc(F)cc1)C(=O)Nc1ccc(Oc2ccnc3cc(OC)ccc23)c(F)c1. The molecular weight excluding hydrogens is 496 g/mol. The third-order valence-electron chi connectivity index (χ3n) is 5.20. The van der Waals surface area contributed by atoms with Gasteiger partial charge < -0.3 is 25.5 Å². The van der Waals surface area contributed by atoms with Crippen LogP contribution in [0.15, 0.2) is 78.0 Å². The van der Waals surface area contributed by atoms with Crippen molar-refractivity contribution >= 4 is 39.8 Å². The first kappa shape index (κ1) is 26.0. The molecule has 1 aromatic heterocycles. The maximum Gasteiger partial charge on any atom is 0.281 e. The van der Waals surface area contributed by atoms with Gasteiger partial charge in [-0.05, 0) is 61.5 Å². The van der Waals surface area contributed by atoms with Crippen LogP contribution in [-0.4, -0.2) is 36.2 Å². The number of nitrogens with one attached hydrogen (secondary N) is 3. The van der Waals surface area contributed by atoms with Crippen LogP contribution in [0.25, 0.3) is 10.9 Å². The minimum absolute atomic E-state index is 0.0722. The second-order valence-corrected chi connectivity index (χ2v) is 7.83. The predicted octanol–water partition coefficient (Wildman–Crippen LogP) is 4.86. The highest BCUT2D eigenvalue weighted by molar-refractivity contribution is 6.69. The third kappa shape index (κ3) is 6.19. The van der Waals surface area contributed by atoms with Crippen LogP contribution in [0, 0.1) is 11.6 Å². The number of hydrazone groups is 1. The summed E-state index contributed by atoms with van der Waals surface area (Å²) in [6, 6.07) is 15.7. The lowest BCUT2D eigenvalue weighted by atomic mass is 10.2. The van der Waals surface area contributed by atoms with Crippen molar-refractivity contribution in [3.05, 3.63) is 84.6 Å². The summed E-state index contributed by atoms with van der Waals surface area (Å²) in [5, 5.41) is 9.40. The molecule has 9 nitrogen and oxygen atoms in total. The monoisotopic (exact) mass is 519 g/mol. The van der Waals surface area contributed by atoms with Crippen molar-refractivity contribution in [1.82, 2.24) is 10.4 Å². The number of halogens is 2. The highest BCUT2D eigenvalue weighted by atomic mass is 19.1. The van der Waals surface area contributed by atoms with Gasteiger partial charge in [-0.25, -0.2) is 8.78 Å². The summed E-state index contributed by atoms with van der Waals surface area (Å²) in [4.78, 5) is 29.8. The molecule has 0 bridgehead atoms. The Morgan fingerprint density at radius 3 is 2.29 bits per heavy atom. The second-order valence-electron chi connectivity index (χ2n) is 7.83. The van der Waals surface area contributed by atoms with Crippen LogP contribution in [-0.2, 0) is 9.59 Å². The van der Waals surface area contributed by atoms with E-state index in [2.05, 4.69) is 26.1 Å². The minimum Gasteiger partial charge on any atom is -0.497 e. The number of hydrogen-bond acceptors (Lipinski definition) is 7. The molecule has 11 heteroatoms. The number of aromatic nitrogens is 1. The topological polar surface area (TPSA) is 114 Å². The van der Waals surface area contributed by atoms with Crippen molar-refractivity contribution in [2.24, 2.45) is 5.10 Å². The molecule has 38 heavy (non-hydrogen) atoms. The standard InChI is InChI=1S/C27H23F2N5O4/c1-3-31-34-25(26(35)32-17-6-4-16(28)5-7-17)27(36)33-18-8-11-24(21(29)14-18)38-23-12-13-30-22-15-19(37-2)9-10-20(22)23/h4-15,31H,3H2,1-2H3,(H,32,35)(H,33,36)/b34-25+. The molecule has 0 aliphatic rings. The molecule has 0 radical (unpaired) electrons. The van der Waals surface area contributed by atoms with Gasteiger partial charge in [0.15, 0.2) is 11.6 Å². The highest BCUT2D eigenvalue weighted by Crippen LogP contribution is 2.32. The summed E-state index contributed by atoms with van der Waals surface area (Å²) in [6.45, 7) is 2.07. The molecule has 4 aromatic rings. The molecule has 0 saturated heterocycles. The van der Waals surface area contributed by atoms with Crippen LogP contribution in [0.5, 0.6) is 17.2 Å². The largest absolute Gasteiger partial charge is 0.497 e. The van der Waals surface area contributed by atoms with Gasteiger partial charge in [-0.1, -0.05) is 0 Å². The molecular formula is C27H23F2N5O4. The van der Waals surface area contributed by atoms with Gasteiger partial charge in [0, 0.05) is 41.6 Å². The van der Waals surface area contributed by atoms with E-state index >= 15 is 0 Å². The van der Waals surface area contributed by atoms with Crippen molar-refractivity contribution in [1.29, 1.82) is 0 Å². The van der Waals surface area contributed by atoms with E-state index in [4.69, 9.17) is 9.47 Å². The molecule has 194 valence electrons. The Balaban J connectivity index is 1.50. The van der Waals surface area contributed by atoms with E-state index in [0.29, 0.717) is 28.9 Å². The van der Waals surface area contributed by atoms with Crippen molar-refractivity contribution in [3.63, 3.8) is 0 Å². The van der Waals surface area contributed by atoms with Crippen LogP contribution in [0.3, 0.4) is 0 Å². The number of carbonyl (C=O) groups excluding carboxylic acids is 2. The number of nitrogens with zero attached hydrogens (tertiary/aromatic N) is 2. The zero-order chi connectivity index (χ0) is 27.1. The summed E-state index contributed by atoms with van der Waals surface area (Å²) in [6.07, 6.45) is 1.53. The van der Waals surface area contributed by atoms with Crippen LogP contribution < -0.4 is 25.5 Å². The van der Waals surface area contributed by atoms with Gasteiger partial charge in [-0.2, -0.15) is 5.10 Å². The first-order chi connectivity index (χ1) is 18.4. The molecule has 3 N–H and O–H groups in total. The molecule has 0 aliphatic carbocycles. The molecule has 3 aromatic carbocycles. The van der Waals surface area contributed by atoms with E-state index in [-0.39, 0.29) is 17.1 Å². The Hall–Kier alpha value is -5.06. The van der Waals surface area contributed by atoms with Gasteiger partial charge in [-0.3, -0.25) is 14.6 Å².